The molecule has 5 rings (SSSR count). The lowest BCUT2D eigenvalue weighted by molar-refractivity contribution is 0.0574. The largest absolute Gasteiger partial charge is 0.331 e. The maximum absolute atomic E-state index is 13.8. The zero-order valence-corrected chi connectivity index (χ0v) is 21.8. The van der Waals surface area contributed by atoms with E-state index in [2.05, 4.69) is 11.9 Å². The van der Waals surface area contributed by atoms with Crippen LogP contribution in [0, 0.1) is 0 Å². The summed E-state index contributed by atoms with van der Waals surface area (Å²) in [5, 5.41) is 5.92. The second kappa shape index (κ2) is 9.12. The van der Waals surface area contributed by atoms with Crippen molar-refractivity contribution in [3.63, 3.8) is 0 Å². The minimum Gasteiger partial charge on any atom is -0.331 e. The molecule has 3 aromatic rings. The van der Waals surface area contributed by atoms with E-state index in [9.17, 15) is 9.59 Å². The van der Waals surface area contributed by atoms with Crippen molar-refractivity contribution in [1.29, 1.82) is 0 Å². The molecule has 7 nitrogen and oxygen atoms in total. The molecule has 0 saturated heterocycles. The summed E-state index contributed by atoms with van der Waals surface area (Å²) in [5.41, 5.74) is 3.59. The third-order valence-electron chi connectivity index (χ3n) is 6.91. The third kappa shape index (κ3) is 4.20. The molecule has 0 spiro atoms. The first-order chi connectivity index (χ1) is 16.7. The van der Waals surface area contributed by atoms with Crippen LogP contribution < -0.4 is 0 Å². The topological polar surface area (TPSA) is 71.3 Å². The Hall–Kier alpha value is -2.61. The van der Waals surface area contributed by atoms with Gasteiger partial charge in [0, 0.05) is 36.3 Å². The molecule has 3 atom stereocenters. The van der Waals surface area contributed by atoms with Gasteiger partial charge in [0.25, 0.3) is 11.8 Å². The molecule has 0 aliphatic carbocycles. The third-order valence-corrected chi connectivity index (χ3v) is 7.86. The minimum absolute atomic E-state index is 0.0115. The Morgan fingerprint density at radius 3 is 2.57 bits per heavy atom. The fraction of sp³-hybridized carbons (Fsp3) is 0.360. The fourth-order valence-electron chi connectivity index (χ4n) is 4.95. The Kier molecular flexibility index (Phi) is 6.28. The van der Waals surface area contributed by atoms with Crippen molar-refractivity contribution in [1.82, 2.24) is 24.6 Å². The summed E-state index contributed by atoms with van der Waals surface area (Å²) in [7, 11) is 0. The number of carbonyl (C=O) groups is 2. The van der Waals surface area contributed by atoms with Crippen molar-refractivity contribution >= 4 is 46.6 Å². The molecule has 2 aliphatic heterocycles. The molecule has 0 bridgehead atoms. The maximum atomic E-state index is 13.8. The van der Waals surface area contributed by atoms with Gasteiger partial charge >= 0.3 is 0 Å². The normalized spacial score (nSPS) is 20.5. The van der Waals surface area contributed by atoms with Gasteiger partial charge in [-0.1, -0.05) is 34.8 Å². The van der Waals surface area contributed by atoms with Crippen molar-refractivity contribution in [2.24, 2.45) is 0 Å². The number of hydrogen-bond donors (Lipinski definition) is 0. The monoisotopic (exact) mass is 531 g/mol. The zero-order valence-electron chi connectivity index (χ0n) is 19.5. The smallest absolute Gasteiger partial charge is 0.273 e. The first-order valence-corrected chi connectivity index (χ1v) is 12.6. The van der Waals surface area contributed by atoms with Gasteiger partial charge in [-0.25, -0.2) is 4.98 Å². The van der Waals surface area contributed by atoms with Crippen LogP contribution in [0.2, 0.25) is 15.2 Å². The summed E-state index contributed by atoms with van der Waals surface area (Å²) in [6.07, 6.45) is 2.21. The second-order valence-corrected chi connectivity index (χ2v) is 10.4. The van der Waals surface area contributed by atoms with Gasteiger partial charge in [-0.2, -0.15) is 5.10 Å². The molecule has 10 heteroatoms. The average Bonchev–Trinajstić information content (AvgIpc) is 3.20. The SMILES string of the molecule is CC1Cc2nn3c(c2CN1C(=O)c1ccc(Cl)c(Cl)c1)C(=O)N([C@@H](C)c1ccnc(Cl)c1)C[C@H]3C. The number of rotatable bonds is 3. The summed E-state index contributed by atoms with van der Waals surface area (Å²) in [6.45, 7) is 6.85. The van der Waals surface area contributed by atoms with Crippen molar-refractivity contribution in [2.45, 2.75) is 51.9 Å². The van der Waals surface area contributed by atoms with Crippen LogP contribution in [0.1, 0.15) is 70.5 Å². The van der Waals surface area contributed by atoms with E-state index >= 15 is 0 Å². The quantitative estimate of drug-likeness (QED) is 0.412. The first-order valence-electron chi connectivity index (χ1n) is 11.4. The number of benzene rings is 1. The maximum Gasteiger partial charge on any atom is 0.273 e. The highest BCUT2D eigenvalue weighted by molar-refractivity contribution is 6.42. The molecule has 4 heterocycles. The number of fused-ring (bicyclic) bond motifs is 3. The van der Waals surface area contributed by atoms with Crippen LogP contribution in [0.15, 0.2) is 36.5 Å². The predicted octanol–water partition coefficient (Wildman–Crippen LogP) is 5.60. The summed E-state index contributed by atoms with van der Waals surface area (Å²) in [5.74, 6) is -0.261. The Bertz CT molecular complexity index is 1340. The van der Waals surface area contributed by atoms with Crippen molar-refractivity contribution in [3.8, 4) is 0 Å². The number of aromatic nitrogens is 3. The van der Waals surface area contributed by atoms with Gasteiger partial charge in [0.2, 0.25) is 0 Å². The molecular formula is C25H24Cl3N5O2. The van der Waals surface area contributed by atoms with Gasteiger partial charge in [0.15, 0.2) is 0 Å². The molecule has 0 N–H and O–H groups in total. The molecule has 1 aromatic carbocycles. The minimum atomic E-state index is -0.193. The van der Waals surface area contributed by atoms with Gasteiger partial charge in [-0.05, 0) is 56.7 Å². The Morgan fingerprint density at radius 1 is 1.09 bits per heavy atom. The standard InChI is InChI=1S/C25H24Cl3N5O2/c1-13-8-21-18(12-31(13)24(34)17-4-5-19(26)20(27)9-17)23-25(35)32(11-14(2)33(23)30-21)15(3)16-6-7-29-22(28)10-16/h4-7,9-10,13-15H,8,11-12H2,1-3H3/t13?,14-,15+/m1/s1. The van der Waals surface area contributed by atoms with Crippen LogP contribution in [0.25, 0.3) is 0 Å². The summed E-state index contributed by atoms with van der Waals surface area (Å²) < 4.78 is 1.83. The molecular weight excluding hydrogens is 509 g/mol. The molecule has 182 valence electrons. The number of halogens is 3. The molecule has 1 unspecified atom stereocenters. The lowest BCUT2D eigenvalue weighted by Gasteiger charge is -2.37. The van der Waals surface area contributed by atoms with Gasteiger partial charge in [-0.3, -0.25) is 14.3 Å². The Balaban J connectivity index is 1.48. The Labute approximate surface area is 218 Å². The van der Waals surface area contributed by atoms with E-state index in [4.69, 9.17) is 39.9 Å². The van der Waals surface area contributed by atoms with Gasteiger partial charge in [0.05, 0.1) is 34.4 Å². The number of carbonyl (C=O) groups excluding carboxylic acids is 2. The van der Waals surface area contributed by atoms with E-state index in [1.807, 2.05) is 29.5 Å². The summed E-state index contributed by atoms with van der Waals surface area (Å²) >= 11 is 18.3. The van der Waals surface area contributed by atoms with E-state index in [0.29, 0.717) is 46.0 Å². The Morgan fingerprint density at radius 2 is 1.86 bits per heavy atom. The lowest BCUT2D eigenvalue weighted by Crippen LogP contribution is -2.45. The molecule has 2 amide bonds. The average molecular weight is 533 g/mol. The van der Waals surface area contributed by atoms with E-state index in [0.717, 1.165) is 16.8 Å². The number of amides is 2. The lowest BCUT2D eigenvalue weighted by atomic mass is 9.96. The molecule has 35 heavy (non-hydrogen) atoms. The highest BCUT2D eigenvalue weighted by atomic mass is 35.5. The summed E-state index contributed by atoms with van der Waals surface area (Å²) in [4.78, 5) is 34.8. The van der Waals surface area contributed by atoms with E-state index in [1.165, 1.54) is 0 Å². The van der Waals surface area contributed by atoms with E-state index in [-0.39, 0.29) is 29.9 Å². The van der Waals surface area contributed by atoms with Gasteiger partial charge in [-0.15, -0.1) is 0 Å². The van der Waals surface area contributed by atoms with Gasteiger partial charge < -0.3 is 9.80 Å². The highest BCUT2D eigenvalue weighted by Gasteiger charge is 2.40. The van der Waals surface area contributed by atoms with E-state index in [1.54, 1.807) is 35.4 Å². The van der Waals surface area contributed by atoms with Crippen LogP contribution in [0.5, 0.6) is 0 Å². The van der Waals surface area contributed by atoms with Crippen molar-refractivity contribution in [2.75, 3.05) is 6.54 Å². The molecule has 2 aliphatic rings. The van der Waals surface area contributed by atoms with Crippen LogP contribution in [0.4, 0.5) is 0 Å². The molecule has 0 radical (unpaired) electrons. The first kappa shape index (κ1) is 24.1. The zero-order chi connectivity index (χ0) is 25.0. The van der Waals surface area contributed by atoms with Crippen molar-refractivity contribution < 1.29 is 9.59 Å². The molecule has 2 aromatic heterocycles. The highest BCUT2D eigenvalue weighted by Crippen LogP contribution is 2.35. The predicted molar refractivity (Wildman–Crippen MR) is 135 cm³/mol. The van der Waals surface area contributed by atoms with E-state index < -0.39 is 0 Å². The van der Waals surface area contributed by atoms with Gasteiger partial charge in [0.1, 0.15) is 10.8 Å². The molecule has 0 fully saturated rings. The van der Waals surface area contributed by atoms with Crippen LogP contribution in [-0.2, 0) is 13.0 Å². The van der Waals surface area contributed by atoms with Crippen LogP contribution >= 0.6 is 34.8 Å². The van der Waals surface area contributed by atoms with Crippen LogP contribution in [0.3, 0.4) is 0 Å². The van der Waals surface area contributed by atoms with Crippen LogP contribution in [-0.4, -0.2) is 49.0 Å². The van der Waals surface area contributed by atoms with Crippen molar-refractivity contribution in [3.05, 3.63) is 79.8 Å². The second-order valence-electron chi connectivity index (χ2n) is 9.23. The number of pyridine rings is 1. The molecule has 0 saturated carbocycles. The number of nitrogens with zero attached hydrogens (tertiary/aromatic N) is 5. The fourth-order valence-corrected chi connectivity index (χ4v) is 5.43. The summed E-state index contributed by atoms with van der Waals surface area (Å²) in [6, 6.07) is 8.24. The number of hydrogen-bond acceptors (Lipinski definition) is 4.